The van der Waals surface area contributed by atoms with Crippen molar-refractivity contribution in [3.8, 4) is 5.75 Å². The van der Waals surface area contributed by atoms with Crippen LogP contribution < -0.4 is 10.1 Å². The Hall–Kier alpha value is -2.90. The number of carbonyl (C=O) groups is 2. The molecule has 0 bridgehead atoms. The van der Waals surface area contributed by atoms with Crippen LogP contribution in [-0.2, 0) is 16.0 Å². The quantitative estimate of drug-likeness (QED) is 0.614. The molecule has 1 heterocycles. The van der Waals surface area contributed by atoms with Crippen molar-refractivity contribution >= 4 is 17.5 Å². The molecule has 0 fully saturated rings. The van der Waals surface area contributed by atoms with Crippen LogP contribution >= 0.6 is 0 Å². The van der Waals surface area contributed by atoms with E-state index < -0.39 is 0 Å². The number of hydrogen-bond donors (Lipinski definition) is 1. The highest BCUT2D eigenvalue weighted by atomic mass is 16.5. The molecule has 3 atom stereocenters. The third kappa shape index (κ3) is 7.55. The van der Waals surface area contributed by atoms with E-state index in [4.69, 9.17) is 9.47 Å². The van der Waals surface area contributed by atoms with Gasteiger partial charge in [0, 0.05) is 51.9 Å². The summed E-state index contributed by atoms with van der Waals surface area (Å²) in [6, 6.07) is 15.9. The van der Waals surface area contributed by atoms with Gasteiger partial charge < -0.3 is 19.7 Å². The van der Waals surface area contributed by atoms with E-state index in [9.17, 15) is 9.59 Å². The minimum Gasteiger partial charge on any atom is -0.491 e. The summed E-state index contributed by atoms with van der Waals surface area (Å²) >= 11 is 0. The van der Waals surface area contributed by atoms with Gasteiger partial charge in [0.25, 0.3) is 5.91 Å². The molecular weight excluding hydrogens is 454 g/mol. The van der Waals surface area contributed by atoms with Gasteiger partial charge in [-0.15, -0.1) is 0 Å². The first-order chi connectivity index (χ1) is 17.3. The van der Waals surface area contributed by atoms with Crippen molar-refractivity contribution in [2.24, 2.45) is 5.92 Å². The van der Waals surface area contributed by atoms with E-state index in [0.29, 0.717) is 36.6 Å². The molecule has 3 rings (SSSR count). The smallest absolute Gasteiger partial charge is 0.257 e. The van der Waals surface area contributed by atoms with Gasteiger partial charge in [-0.25, -0.2) is 0 Å². The molecular formula is C29H41N3O4. The summed E-state index contributed by atoms with van der Waals surface area (Å²) < 4.78 is 12.1. The molecule has 1 N–H and O–H groups in total. The normalized spacial score (nSPS) is 21.6. The van der Waals surface area contributed by atoms with Gasteiger partial charge in [0.05, 0.1) is 11.7 Å². The van der Waals surface area contributed by atoms with Crippen LogP contribution in [0.3, 0.4) is 0 Å². The van der Waals surface area contributed by atoms with E-state index in [0.717, 1.165) is 25.9 Å². The summed E-state index contributed by atoms with van der Waals surface area (Å²) in [5.41, 5.74) is 2.35. The lowest BCUT2D eigenvalue weighted by molar-refractivity contribution is -0.116. The number of methoxy groups -OCH3 is 1. The lowest BCUT2D eigenvalue weighted by atomic mass is 10.0. The zero-order valence-electron chi connectivity index (χ0n) is 22.3. The largest absolute Gasteiger partial charge is 0.491 e. The molecule has 7 nitrogen and oxygen atoms in total. The van der Waals surface area contributed by atoms with E-state index in [1.165, 1.54) is 5.56 Å². The number of nitrogens with zero attached hydrogens (tertiary/aromatic N) is 2. The molecule has 0 saturated carbocycles. The summed E-state index contributed by atoms with van der Waals surface area (Å²) in [5.74, 6) is 0.517. The highest BCUT2D eigenvalue weighted by Gasteiger charge is 2.28. The maximum Gasteiger partial charge on any atom is 0.257 e. The molecule has 36 heavy (non-hydrogen) atoms. The third-order valence-corrected chi connectivity index (χ3v) is 6.87. The second kappa shape index (κ2) is 13.4. The fraction of sp³-hybridized carbons (Fsp3) is 0.517. The van der Waals surface area contributed by atoms with Crippen LogP contribution in [0.25, 0.3) is 0 Å². The average Bonchev–Trinajstić information content (AvgIpc) is 2.88. The lowest BCUT2D eigenvalue weighted by Gasteiger charge is -2.36. The maximum atomic E-state index is 13.5. The van der Waals surface area contributed by atoms with Crippen molar-refractivity contribution in [3.05, 3.63) is 59.7 Å². The van der Waals surface area contributed by atoms with Gasteiger partial charge >= 0.3 is 0 Å². The van der Waals surface area contributed by atoms with Gasteiger partial charge in [-0.3, -0.25) is 14.5 Å². The first-order valence-electron chi connectivity index (χ1n) is 12.9. The number of likely N-dealkylation sites (N-methyl/N-ethyl adjacent to an activating group) is 1. The predicted molar refractivity (Wildman–Crippen MR) is 144 cm³/mol. The van der Waals surface area contributed by atoms with E-state index in [2.05, 4.69) is 48.3 Å². The van der Waals surface area contributed by atoms with Crippen molar-refractivity contribution in [3.63, 3.8) is 0 Å². The van der Waals surface area contributed by atoms with Gasteiger partial charge in [0.15, 0.2) is 0 Å². The zero-order valence-corrected chi connectivity index (χ0v) is 22.3. The summed E-state index contributed by atoms with van der Waals surface area (Å²) in [6.45, 7) is 8.96. The van der Waals surface area contributed by atoms with Crippen molar-refractivity contribution in [2.45, 2.75) is 52.2 Å². The lowest BCUT2D eigenvalue weighted by Crippen LogP contribution is -2.47. The maximum absolute atomic E-state index is 13.5. The Balaban J connectivity index is 1.87. The molecule has 0 aliphatic carbocycles. The molecule has 0 aromatic heterocycles. The number of benzene rings is 2. The number of rotatable bonds is 7. The number of carbonyl (C=O) groups excluding carboxylic acids is 2. The minimum atomic E-state index is -0.153. The fourth-order valence-electron chi connectivity index (χ4n) is 4.61. The molecule has 2 amide bonds. The Morgan fingerprint density at radius 1 is 1.14 bits per heavy atom. The number of anilines is 1. The molecule has 1 aliphatic rings. The number of ether oxygens (including phenoxy) is 2. The summed E-state index contributed by atoms with van der Waals surface area (Å²) in [5, 5.41) is 2.89. The molecule has 0 radical (unpaired) electrons. The molecule has 7 heteroatoms. The number of nitrogens with one attached hydrogen (secondary N) is 1. The van der Waals surface area contributed by atoms with Gasteiger partial charge in [-0.05, 0) is 49.4 Å². The fourth-order valence-corrected chi connectivity index (χ4v) is 4.61. The van der Waals surface area contributed by atoms with E-state index in [1.54, 1.807) is 37.3 Å². The van der Waals surface area contributed by atoms with Gasteiger partial charge in [-0.1, -0.05) is 44.2 Å². The number of amides is 2. The summed E-state index contributed by atoms with van der Waals surface area (Å²) in [6.07, 6.45) is 2.04. The Morgan fingerprint density at radius 2 is 1.89 bits per heavy atom. The minimum absolute atomic E-state index is 0.0664. The highest BCUT2D eigenvalue weighted by Crippen LogP contribution is 2.26. The van der Waals surface area contributed by atoms with Gasteiger partial charge in [0.2, 0.25) is 5.91 Å². The van der Waals surface area contributed by atoms with Gasteiger partial charge in [-0.2, -0.15) is 0 Å². The van der Waals surface area contributed by atoms with Crippen LogP contribution in [0.5, 0.6) is 5.75 Å². The second-order valence-corrected chi connectivity index (χ2v) is 9.84. The number of hydrogen-bond acceptors (Lipinski definition) is 5. The molecule has 196 valence electrons. The molecule has 2 aromatic carbocycles. The average molecular weight is 496 g/mol. The standard InChI is InChI=1S/C29H41N3O4/c1-6-10-28(33)30-24-13-14-26-25(17-24)29(34)31(4)19-27(35-5)21(2)18-32(22(3)20-36-26)16-15-23-11-8-7-9-12-23/h7-9,11-14,17,21-22,27H,6,10,15-16,18-20H2,1-5H3,(H,30,33)/t21-,22-,27+/m1/s1. The van der Waals surface area contributed by atoms with E-state index in [1.807, 2.05) is 13.0 Å². The molecule has 0 spiro atoms. The van der Waals surface area contributed by atoms with Crippen LogP contribution in [-0.4, -0.2) is 74.2 Å². The molecule has 2 aromatic rings. The van der Waals surface area contributed by atoms with Gasteiger partial charge in [0.1, 0.15) is 12.4 Å². The summed E-state index contributed by atoms with van der Waals surface area (Å²) in [7, 11) is 3.50. The number of fused-ring (bicyclic) bond motifs is 1. The SMILES string of the molecule is CCCC(=O)Nc1ccc2c(c1)C(=O)N(C)C[C@H](OC)[C@H](C)CN(CCc1ccccc1)[C@H](C)CO2. The van der Waals surface area contributed by atoms with Crippen LogP contribution in [0.2, 0.25) is 0 Å². The zero-order chi connectivity index (χ0) is 26.1. The highest BCUT2D eigenvalue weighted by molar-refractivity contribution is 5.99. The third-order valence-electron chi connectivity index (χ3n) is 6.87. The van der Waals surface area contributed by atoms with Crippen molar-refractivity contribution in [1.29, 1.82) is 0 Å². The molecule has 0 saturated heterocycles. The van der Waals surface area contributed by atoms with Crippen LogP contribution in [0.4, 0.5) is 5.69 Å². The van der Waals surface area contributed by atoms with E-state index >= 15 is 0 Å². The second-order valence-electron chi connectivity index (χ2n) is 9.84. The Bertz CT molecular complexity index is 997. The Labute approximate surface area is 215 Å². The van der Waals surface area contributed by atoms with Crippen LogP contribution in [0, 0.1) is 5.92 Å². The Morgan fingerprint density at radius 3 is 2.58 bits per heavy atom. The molecule has 0 unspecified atom stereocenters. The Kier molecular flexibility index (Phi) is 10.3. The monoisotopic (exact) mass is 495 g/mol. The van der Waals surface area contributed by atoms with Crippen LogP contribution in [0.1, 0.15) is 49.5 Å². The first-order valence-corrected chi connectivity index (χ1v) is 12.9. The first kappa shape index (κ1) is 27.7. The molecule has 1 aliphatic heterocycles. The summed E-state index contributed by atoms with van der Waals surface area (Å²) in [4.78, 5) is 29.7. The van der Waals surface area contributed by atoms with Crippen molar-refractivity contribution < 1.29 is 19.1 Å². The van der Waals surface area contributed by atoms with Crippen molar-refractivity contribution in [1.82, 2.24) is 9.80 Å². The van der Waals surface area contributed by atoms with Crippen LogP contribution in [0.15, 0.2) is 48.5 Å². The van der Waals surface area contributed by atoms with Crippen molar-refractivity contribution in [2.75, 3.05) is 45.7 Å². The van der Waals surface area contributed by atoms with E-state index in [-0.39, 0.29) is 29.9 Å². The predicted octanol–water partition coefficient (Wildman–Crippen LogP) is 4.47. The topological polar surface area (TPSA) is 71.1 Å².